The van der Waals surface area contributed by atoms with E-state index in [4.69, 9.17) is 5.73 Å². The van der Waals surface area contributed by atoms with Crippen LogP contribution in [0.3, 0.4) is 0 Å². The normalized spacial score (nSPS) is 10.5. The summed E-state index contributed by atoms with van der Waals surface area (Å²) in [5.41, 5.74) is 7.06. The first-order valence-electron chi connectivity index (χ1n) is 6.23. The molecule has 1 aromatic heterocycles. The number of H-pyrrole nitrogens is 1. The molecule has 0 fully saturated rings. The monoisotopic (exact) mass is 322 g/mol. The number of hydrogen-bond acceptors (Lipinski definition) is 7. The molecule has 10 heteroatoms. The van der Waals surface area contributed by atoms with E-state index in [1.54, 1.807) is 13.0 Å². The van der Waals surface area contributed by atoms with E-state index >= 15 is 0 Å². The number of aromatic nitrogens is 3. The third-order valence-corrected chi connectivity index (χ3v) is 3.74. The van der Waals surface area contributed by atoms with Crippen LogP contribution in [0.5, 0.6) is 0 Å². The number of nitrogens with one attached hydrogen (secondary N) is 2. The summed E-state index contributed by atoms with van der Waals surface area (Å²) in [5, 5.41) is 20.2. The summed E-state index contributed by atoms with van der Waals surface area (Å²) in [4.78, 5) is 26.3. The molecule has 0 saturated carbocycles. The Balaban J connectivity index is 2.07. The summed E-state index contributed by atoms with van der Waals surface area (Å²) in [6, 6.07) is 3.02. The van der Waals surface area contributed by atoms with Gasteiger partial charge in [-0.25, -0.2) is 5.10 Å². The number of aromatic amines is 1. The number of nitro groups is 1. The Morgan fingerprint density at radius 3 is 2.73 bits per heavy atom. The average molecular weight is 322 g/mol. The van der Waals surface area contributed by atoms with Gasteiger partial charge in [0, 0.05) is 6.07 Å². The van der Waals surface area contributed by atoms with E-state index < -0.39 is 4.92 Å². The van der Waals surface area contributed by atoms with Crippen LogP contribution in [0.1, 0.15) is 11.1 Å². The molecule has 22 heavy (non-hydrogen) atoms. The highest BCUT2D eigenvalue weighted by Crippen LogP contribution is 2.28. The van der Waals surface area contributed by atoms with Crippen molar-refractivity contribution in [2.75, 3.05) is 16.8 Å². The van der Waals surface area contributed by atoms with Gasteiger partial charge in [-0.1, -0.05) is 11.8 Å². The largest absolute Gasteiger partial charge is 0.368 e. The molecule has 1 heterocycles. The van der Waals surface area contributed by atoms with Crippen molar-refractivity contribution in [1.29, 1.82) is 0 Å². The average Bonchev–Trinajstić information content (AvgIpc) is 2.86. The number of anilines is 2. The minimum atomic E-state index is -0.523. The van der Waals surface area contributed by atoms with Gasteiger partial charge >= 0.3 is 0 Å². The first kappa shape index (κ1) is 15.8. The predicted octanol–water partition coefficient (Wildman–Crippen LogP) is 1.64. The Hall–Kier alpha value is -2.62. The highest BCUT2D eigenvalue weighted by atomic mass is 32.2. The number of nitrogens with zero attached hydrogens (tertiary/aromatic N) is 3. The molecule has 1 aromatic carbocycles. The molecule has 0 aliphatic carbocycles. The smallest absolute Gasteiger partial charge is 0.293 e. The molecule has 0 atom stereocenters. The maximum atomic E-state index is 11.9. The summed E-state index contributed by atoms with van der Waals surface area (Å²) in [7, 11) is 0. The fourth-order valence-electron chi connectivity index (χ4n) is 1.69. The zero-order valence-electron chi connectivity index (χ0n) is 11.9. The number of hydrogen-bond donors (Lipinski definition) is 3. The van der Waals surface area contributed by atoms with Gasteiger partial charge in [-0.2, -0.15) is 4.98 Å². The second-order valence-electron chi connectivity index (χ2n) is 4.55. The van der Waals surface area contributed by atoms with E-state index in [-0.39, 0.29) is 29.0 Å². The molecular formula is C12H14N6O3S. The van der Waals surface area contributed by atoms with Crippen LogP contribution in [0.2, 0.25) is 0 Å². The number of amides is 1. The lowest BCUT2D eigenvalue weighted by Crippen LogP contribution is -2.15. The molecular weight excluding hydrogens is 308 g/mol. The van der Waals surface area contributed by atoms with Gasteiger partial charge in [-0.15, -0.1) is 5.10 Å². The second kappa shape index (κ2) is 6.43. The molecule has 9 nitrogen and oxygen atoms in total. The van der Waals surface area contributed by atoms with E-state index in [1.807, 2.05) is 6.92 Å². The number of thioether (sulfide) groups is 1. The summed E-state index contributed by atoms with van der Waals surface area (Å²) in [6.07, 6.45) is 0. The molecule has 116 valence electrons. The lowest BCUT2D eigenvalue weighted by Gasteiger charge is -2.08. The van der Waals surface area contributed by atoms with Gasteiger partial charge in [0.2, 0.25) is 17.0 Å². The van der Waals surface area contributed by atoms with Gasteiger partial charge in [-0.3, -0.25) is 14.9 Å². The van der Waals surface area contributed by atoms with Crippen LogP contribution in [0.4, 0.5) is 17.3 Å². The zero-order valence-corrected chi connectivity index (χ0v) is 12.7. The van der Waals surface area contributed by atoms with E-state index in [2.05, 4.69) is 20.5 Å². The van der Waals surface area contributed by atoms with Crippen LogP contribution in [-0.2, 0) is 4.79 Å². The van der Waals surface area contributed by atoms with Gasteiger partial charge in [0.1, 0.15) is 5.69 Å². The lowest BCUT2D eigenvalue weighted by molar-refractivity contribution is -0.384. The Bertz CT molecular complexity index is 730. The van der Waals surface area contributed by atoms with Crippen LogP contribution in [0, 0.1) is 24.0 Å². The van der Waals surface area contributed by atoms with Crippen molar-refractivity contribution < 1.29 is 9.72 Å². The summed E-state index contributed by atoms with van der Waals surface area (Å²) in [5.74, 6) is -0.214. The number of carbonyl (C=O) groups is 1. The highest BCUT2D eigenvalue weighted by Gasteiger charge is 2.18. The van der Waals surface area contributed by atoms with Crippen LogP contribution in [0.25, 0.3) is 0 Å². The van der Waals surface area contributed by atoms with Gasteiger partial charge in [0.15, 0.2) is 0 Å². The van der Waals surface area contributed by atoms with E-state index in [1.165, 1.54) is 6.07 Å². The molecule has 0 aliphatic heterocycles. The fraction of sp³-hybridized carbons (Fsp3) is 0.250. The maximum Gasteiger partial charge on any atom is 0.293 e. The number of nitrogen functional groups attached to an aromatic ring is 1. The van der Waals surface area contributed by atoms with Crippen molar-refractivity contribution in [3.63, 3.8) is 0 Å². The van der Waals surface area contributed by atoms with Gasteiger partial charge < -0.3 is 11.1 Å². The number of aryl methyl sites for hydroxylation is 2. The molecule has 0 unspecified atom stereocenters. The molecule has 4 N–H and O–H groups in total. The SMILES string of the molecule is Cc1cc(NC(=O)CSc2n[nH]c(N)n2)c([N+](=O)[O-])cc1C. The molecule has 1 amide bonds. The maximum absolute atomic E-state index is 11.9. The van der Waals surface area contributed by atoms with Crippen molar-refractivity contribution >= 4 is 35.0 Å². The Kier molecular flexibility index (Phi) is 4.61. The Morgan fingerprint density at radius 2 is 2.14 bits per heavy atom. The molecule has 0 aliphatic rings. The molecule has 2 aromatic rings. The summed E-state index contributed by atoms with van der Waals surface area (Å²) in [6.45, 7) is 3.59. The van der Waals surface area contributed by atoms with Crippen LogP contribution in [0.15, 0.2) is 17.3 Å². The van der Waals surface area contributed by atoms with Crippen LogP contribution in [-0.4, -0.2) is 31.8 Å². The van der Waals surface area contributed by atoms with Crippen LogP contribution >= 0.6 is 11.8 Å². The molecule has 0 bridgehead atoms. The molecule has 0 saturated heterocycles. The summed E-state index contributed by atoms with van der Waals surface area (Å²) >= 11 is 1.07. The van der Waals surface area contributed by atoms with Gasteiger partial charge in [0.05, 0.1) is 10.7 Å². The number of rotatable bonds is 5. The Labute approximate surface area is 129 Å². The third kappa shape index (κ3) is 3.73. The molecule has 2 rings (SSSR count). The van der Waals surface area contributed by atoms with Crippen molar-refractivity contribution in [3.8, 4) is 0 Å². The van der Waals surface area contributed by atoms with E-state index in [0.717, 1.165) is 22.9 Å². The molecule has 0 spiro atoms. The van der Waals surface area contributed by atoms with E-state index in [0.29, 0.717) is 5.16 Å². The number of nitro benzene ring substituents is 1. The van der Waals surface area contributed by atoms with Crippen molar-refractivity contribution in [1.82, 2.24) is 15.2 Å². The first-order chi connectivity index (χ1) is 10.4. The van der Waals surface area contributed by atoms with Gasteiger partial charge in [-0.05, 0) is 31.0 Å². The fourth-order valence-corrected chi connectivity index (χ4v) is 2.30. The quantitative estimate of drug-likeness (QED) is 0.432. The zero-order chi connectivity index (χ0) is 16.3. The third-order valence-electron chi connectivity index (χ3n) is 2.90. The number of nitrogens with two attached hydrogens (primary N) is 1. The summed E-state index contributed by atoms with van der Waals surface area (Å²) < 4.78 is 0. The number of carbonyl (C=O) groups excluding carboxylic acids is 1. The van der Waals surface area contributed by atoms with Gasteiger partial charge in [0.25, 0.3) is 5.69 Å². The minimum Gasteiger partial charge on any atom is -0.368 e. The Morgan fingerprint density at radius 1 is 1.45 bits per heavy atom. The van der Waals surface area contributed by atoms with Crippen molar-refractivity contribution in [3.05, 3.63) is 33.4 Å². The van der Waals surface area contributed by atoms with Crippen molar-refractivity contribution in [2.45, 2.75) is 19.0 Å². The standard InChI is InChI=1S/C12H14N6O3S/c1-6-3-8(9(18(20)21)4-7(6)2)14-10(19)5-22-12-15-11(13)16-17-12/h3-4H,5H2,1-2H3,(H,14,19)(H3,13,15,16,17). The lowest BCUT2D eigenvalue weighted by atomic mass is 10.1. The highest BCUT2D eigenvalue weighted by molar-refractivity contribution is 7.99. The molecule has 0 radical (unpaired) electrons. The van der Waals surface area contributed by atoms with Crippen molar-refractivity contribution in [2.24, 2.45) is 0 Å². The first-order valence-corrected chi connectivity index (χ1v) is 7.21. The van der Waals surface area contributed by atoms with Crippen LogP contribution < -0.4 is 11.1 Å². The second-order valence-corrected chi connectivity index (χ2v) is 5.49. The minimum absolute atomic E-state index is 0.0152. The number of benzene rings is 1. The van der Waals surface area contributed by atoms with E-state index in [9.17, 15) is 14.9 Å². The predicted molar refractivity (Wildman–Crippen MR) is 82.7 cm³/mol. The topological polar surface area (TPSA) is 140 Å².